The van der Waals surface area contributed by atoms with Crippen molar-refractivity contribution in [1.29, 1.82) is 0 Å². The van der Waals surface area contributed by atoms with Crippen LogP contribution in [0.1, 0.15) is 11.5 Å². The number of thiophene rings is 1. The van der Waals surface area contributed by atoms with Gasteiger partial charge in [0.15, 0.2) is 0 Å². The van der Waals surface area contributed by atoms with Gasteiger partial charge in [0, 0.05) is 29.0 Å². The molecule has 19 heavy (non-hydrogen) atoms. The maximum Gasteiger partial charge on any atom is 0.228 e. The van der Waals surface area contributed by atoms with E-state index >= 15 is 0 Å². The van der Waals surface area contributed by atoms with Gasteiger partial charge in [-0.15, -0.1) is 11.3 Å². The van der Waals surface area contributed by atoms with Crippen LogP contribution >= 0.6 is 27.3 Å². The van der Waals surface area contributed by atoms with Gasteiger partial charge in [0.25, 0.3) is 0 Å². The molecule has 0 bridgehead atoms. The van der Waals surface area contributed by atoms with E-state index < -0.39 is 0 Å². The number of hydrogen-bond acceptors (Lipinski definition) is 5. The summed E-state index contributed by atoms with van der Waals surface area (Å²) in [5.74, 6) is 1.27. The van der Waals surface area contributed by atoms with Crippen LogP contribution in [-0.2, 0) is 13.0 Å². The Bertz CT molecular complexity index is 687. The molecule has 0 aliphatic carbocycles. The molecule has 0 spiro atoms. The van der Waals surface area contributed by atoms with E-state index in [1.165, 1.54) is 0 Å². The smallest absolute Gasteiger partial charge is 0.228 e. The number of nitrogens with zero attached hydrogens (tertiary/aromatic N) is 4. The Kier molecular flexibility index (Phi) is 3.48. The van der Waals surface area contributed by atoms with Gasteiger partial charge in [-0.25, -0.2) is 0 Å². The highest BCUT2D eigenvalue weighted by Crippen LogP contribution is 2.27. The molecule has 0 N–H and O–H groups in total. The predicted molar refractivity (Wildman–Crippen MR) is 76.0 cm³/mol. The van der Waals surface area contributed by atoms with Gasteiger partial charge >= 0.3 is 0 Å². The molecule has 0 unspecified atom stereocenters. The molecule has 0 amide bonds. The summed E-state index contributed by atoms with van der Waals surface area (Å²) >= 11 is 5.00. The van der Waals surface area contributed by atoms with Gasteiger partial charge in [-0.1, -0.05) is 5.16 Å². The van der Waals surface area contributed by atoms with E-state index in [1.807, 2.05) is 35.4 Å². The Morgan fingerprint density at radius 1 is 1.47 bits per heavy atom. The van der Waals surface area contributed by atoms with E-state index in [-0.39, 0.29) is 0 Å². The molecule has 0 saturated heterocycles. The van der Waals surface area contributed by atoms with Crippen LogP contribution in [0.3, 0.4) is 0 Å². The first-order chi connectivity index (χ1) is 9.20. The number of aromatic nitrogens is 4. The maximum atomic E-state index is 5.25. The van der Waals surface area contributed by atoms with Crippen LogP contribution in [0.25, 0.3) is 10.7 Å². The first kappa shape index (κ1) is 12.6. The molecule has 98 valence electrons. The van der Waals surface area contributed by atoms with Crippen molar-refractivity contribution in [3.8, 4) is 10.7 Å². The molecule has 3 aromatic rings. The third kappa shape index (κ3) is 2.93. The highest BCUT2D eigenvalue weighted by atomic mass is 79.9. The Balaban J connectivity index is 1.68. The molecule has 0 radical (unpaired) electrons. The highest BCUT2D eigenvalue weighted by Gasteiger charge is 2.10. The monoisotopic (exact) mass is 338 g/mol. The molecule has 7 heteroatoms. The first-order valence-corrected chi connectivity index (χ1v) is 7.44. The molecule has 0 atom stereocenters. The van der Waals surface area contributed by atoms with Crippen LogP contribution in [0.15, 0.2) is 32.8 Å². The van der Waals surface area contributed by atoms with Crippen molar-refractivity contribution in [2.24, 2.45) is 0 Å². The zero-order valence-electron chi connectivity index (χ0n) is 10.2. The molecule has 0 aliphatic heterocycles. The lowest BCUT2D eigenvalue weighted by molar-refractivity contribution is 0.369. The third-order valence-electron chi connectivity index (χ3n) is 2.57. The molecular weight excluding hydrogens is 328 g/mol. The van der Waals surface area contributed by atoms with Crippen molar-refractivity contribution in [3.05, 3.63) is 39.8 Å². The van der Waals surface area contributed by atoms with Gasteiger partial charge in [0.1, 0.15) is 0 Å². The molecule has 0 aliphatic rings. The minimum atomic E-state index is 0.632. The Morgan fingerprint density at radius 2 is 2.37 bits per heavy atom. The summed E-state index contributed by atoms with van der Waals surface area (Å²) < 4.78 is 8.16. The summed E-state index contributed by atoms with van der Waals surface area (Å²) in [6.45, 7) is 2.76. The molecule has 3 aromatic heterocycles. The standard InChI is InChI=1S/C12H11BrN4OS/c1-8-5-14-17(6-8)3-2-11-15-12(16-18-11)10-4-9(13)7-19-10/h4-7H,2-3H2,1H3. The SMILES string of the molecule is Cc1cnn(CCc2nc(-c3cc(Br)cs3)no2)c1. The summed E-state index contributed by atoms with van der Waals surface area (Å²) in [5.41, 5.74) is 1.15. The number of hydrogen-bond donors (Lipinski definition) is 0. The van der Waals surface area contributed by atoms with Crippen molar-refractivity contribution in [2.45, 2.75) is 19.9 Å². The number of rotatable bonds is 4. The van der Waals surface area contributed by atoms with Gasteiger partial charge in [0.05, 0.1) is 11.1 Å². The second-order valence-electron chi connectivity index (χ2n) is 4.17. The molecule has 0 fully saturated rings. The summed E-state index contributed by atoms with van der Waals surface area (Å²) in [6.07, 6.45) is 4.51. The lowest BCUT2D eigenvalue weighted by atomic mass is 10.4. The molecular formula is C12H11BrN4OS. The Labute approximate surface area is 122 Å². The van der Waals surface area contributed by atoms with E-state index in [0.29, 0.717) is 18.1 Å². The average Bonchev–Trinajstić information content (AvgIpc) is 3.07. The zero-order valence-corrected chi connectivity index (χ0v) is 12.6. The minimum absolute atomic E-state index is 0.632. The first-order valence-electron chi connectivity index (χ1n) is 5.77. The van der Waals surface area contributed by atoms with Crippen molar-refractivity contribution < 1.29 is 4.52 Å². The van der Waals surface area contributed by atoms with Gasteiger partial charge in [-0.3, -0.25) is 4.68 Å². The zero-order chi connectivity index (χ0) is 13.2. The molecule has 3 rings (SSSR count). The Morgan fingerprint density at radius 3 is 3.05 bits per heavy atom. The average molecular weight is 339 g/mol. The fraction of sp³-hybridized carbons (Fsp3) is 0.250. The van der Waals surface area contributed by atoms with E-state index in [4.69, 9.17) is 4.52 Å². The fourth-order valence-electron chi connectivity index (χ4n) is 1.69. The number of halogens is 1. The van der Waals surface area contributed by atoms with Crippen molar-refractivity contribution in [2.75, 3.05) is 0 Å². The molecule has 3 heterocycles. The van der Waals surface area contributed by atoms with Crippen LogP contribution in [-0.4, -0.2) is 19.9 Å². The van der Waals surface area contributed by atoms with E-state index in [0.717, 1.165) is 21.5 Å². The molecule has 5 nitrogen and oxygen atoms in total. The summed E-state index contributed by atoms with van der Waals surface area (Å²) in [7, 11) is 0. The van der Waals surface area contributed by atoms with Crippen molar-refractivity contribution in [1.82, 2.24) is 19.9 Å². The van der Waals surface area contributed by atoms with Crippen molar-refractivity contribution in [3.63, 3.8) is 0 Å². The summed E-state index contributed by atoms with van der Waals surface area (Å²) in [5, 5.41) is 10.2. The van der Waals surface area contributed by atoms with Crippen LogP contribution in [0, 0.1) is 6.92 Å². The predicted octanol–water partition coefficient (Wildman–Crippen LogP) is 3.31. The van der Waals surface area contributed by atoms with Crippen LogP contribution in [0.2, 0.25) is 0 Å². The maximum absolute atomic E-state index is 5.25. The topological polar surface area (TPSA) is 56.7 Å². The second kappa shape index (κ2) is 5.26. The van der Waals surface area contributed by atoms with E-state index in [9.17, 15) is 0 Å². The lowest BCUT2D eigenvalue weighted by Gasteiger charge is -1.96. The summed E-state index contributed by atoms with van der Waals surface area (Å²) in [4.78, 5) is 5.38. The summed E-state index contributed by atoms with van der Waals surface area (Å²) in [6, 6.07) is 1.98. The van der Waals surface area contributed by atoms with Crippen LogP contribution in [0.5, 0.6) is 0 Å². The van der Waals surface area contributed by atoms with Crippen LogP contribution < -0.4 is 0 Å². The van der Waals surface area contributed by atoms with Crippen LogP contribution in [0.4, 0.5) is 0 Å². The lowest BCUT2D eigenvalue weighted by Crippen LogP contribution is -2.01. The largest absolute Gasteiger partial charge is 0.339 e. The molecule has 0 aromatic carbocycles. The quantitative estimate of drug-likeness (QED) is 0.732. The minimum Gasteiger partial charge on any atom is -0.339 e. The highest BCUT2D eigenvalue weighted by molar-refractivity contribution is 9.10. The van der Waals surface area contributed by atoms with Crippen molar-refractivity contribution >= 4 is 27.3 Å². The van der Waals surface area contributed by atoms with Gasteiger partial charge < -0.3 is 4.52 Å². The van der Waals surface area contributed by atoms with E-state index in [1.54, 1.807) is 11.3 Å². The Hall–Kier alpha value is -1.47. The third-order valence-corrected chi connectivity index (χ3v) is 4.26. The second-order valence-corrected chi connectivity index (χ2v) is 6.00. The number of aryl methyl sites for hydroxylation is 3. The fourth-order valence-corrected chi connectivity index (χ4v) is 3.04. The molecule has 0 saturated carbocycles. The van der Waals surface area contributed by atoms with Gasteiger partial charge in [0.2, 0.25) is 11.7 Å². The van der Waals surface area contributed by atoms with Gasteiger partial charge in [-0.05, 0) is 34.5 Å². The van der Waals surface area contributed by atoms with Gasteiger partial charge in [-0.2, -0.15) is 10.1 Å². The van der Waals surface area contributed by atoms with E-state index in [2.05, 4.69) is 31.2 Å². The normalized spacial score (nSPS) is 11.1.